The number of benzene rings is 4. The quantitative estimate of drug-likeness (QED) is 0.139. The third kappa shape index (κ3) is 4.53. The molecule has 0 bridgehead atoms. The molecule has 0 saturated heterocycles. The smallest absolute Gasteiger partial charge is 0.355 e. The molecule has 0 spiro atoms. The summed E-state index contributed by atoms with van der Waals surface area (Å²) in [6.45, 7) is 2.31. The van der Waals surface area contributed by atoms with Gasteiger partial charge in [-0.3, -0.25) is 4.99 Å². The van der Waals surface area contributed by atoms with Gasteiger partial charge in [0, 0.05) is 16.3 Å². The van der Waals surface area contributed by atoms with E-state index in [1.807, 2.05) is 67.6 Å². The number of rotatable bonds is 6. The second-order valence-corrected chi connectivity index (χ2v) is 8.99. The van der Waals surface area contributed by atoms with Gasteiger partial charge in [0.2, 0.25) is 0 Å². The van der Waals surface area contributed by atoms with E-state index in [0.717, 1.165) is 26.7 Å². The molecule has 0 saturated carbocycles. The number of hydrogen-bond donors (Lipinski definition) is 0. The van der Waals surface area contributed by atoms with Crippen LogP contribution in [-0.4, -0.2) is 18.8 Å². The third-order valence-electron chi connectivity index (χ3n) is 5.29. The molecule has 1 aromatic heterocycles. The first-order valence-corrected chi connectivity index (χ1v) is 12.0. The Kier molecular flexibility index (Phi) is 6.30. The van der Waals surface area contributed by atoms with Crippen molar-refractivity contribution >= 4 is 61.7 Å². The van der Waals surface area contributed by atoms with Crippen molar-refractivity contribution in [3.8, 4) is 11.5 Å². The van der Waals surface area contributed by atoms with Crippen LogP contribution >= 0.6 is 22.9 Å². The zero-order valence-corrected chi connectivity index (χ0v) is 19.9. The van der Waals surface area contributed by atoms with Crippen LogP contribution in [0.25, 0.3) is 20.9 Å². The van der Waals surface area contributed by atoms with Crippen molar-refractivity contribution in [2.45, 2.75) is 6.92 Å². The highest BCUT2D eigenvalue weighted by Gasteiger charge is 2.20. The predicted molar refractivity (Wildman–Crippen MR) is 141 cm³/mol. The van der Waals surface area contributed by atoms with E-state index >= 15 is 0 Å². The highest BCUT2D eigenvalue weighted by molar-refractivity contribution is 7.21. The fourth-order valence-corrected chi connectivity index (χ4v) is 5.04. The second kappa shape index (κ2) is 9.67. The maximum Gasteiger partial charge on any atom is 0.355 e. The maximum atomic E-state index is 12.9. The summed E-state index contributed by atoms with van der Waals surface area (Å²) in [4.78, 5) is 17.9. The first kappa shape index (κ1) is 22.1. The van der Waals surface area contributed by atoms with Crippen LogP contribution in [0.4, 0.5) is 5.69 Å². The molecule has 0 aliphatic rings. The fourth-order valence-electron chi connectivity index (χ4n) is 3.66. The second-order valence-electron chi connectivity index (χ2n) is 7.56. The van der Waals surface area contributed by atoms with Crippen LogP contribution in [0.3, 0.4) is 0 Å². The van der Waals surface area contributed by atoms with Crippen molar-refractivity contribution in [2.75, 3.05) is 6.61 Å². The molecule has 34 heavy (non-hydrogen) atoms. The molecule has 5 rings (SSSR count). The molecule has 0 amide bonds. The summed E-state index contributed by atoms with van der Waals surface area (Å²) in [6, 6.07) is 27.2. The van der Waals surface area contributed by atoms with Gasteiger partial charge in [-0.15, -0.1) is 11.3 Å². The zero-order chi connectivity index (χ0) is 23.5. The Bertz CT molecular complexity index is 1540. The largest absolute Gasteiger partial charge is 0.490 e. The number of aliphatic imine (C=N–C) groups is 1. The van der Waals surface area contributed by atoms with Gasteiger partial charge >= 0.3 is 5.97 Å². The van der Waals surface area contributed by atoms with Crippen LogP contribution in [0, 0.1) is 0 Å². The van der Waals surface area contributed by atoms with E-state index in [0.29, 0.717) is 28.0 Å². The van der Waals surface area contributed by atoms with Gasteiger partial charge in [0.15, 0.2) is 11.5 Å². The highest BCUT2D eigenvalue weighted by atomic mass is 35.5. The van der Waals surface area contributed by atoms with E-state index in [4.69, 9.17) is 21.1 Å². The summed E-state index contributed by atoms with van der Waals surface area (Å²) >= 11 is 7.75. The van der Waals surface area contributed by atoms with Crippen LogP contribution < -0.4 is 9.47 Å². The summed E-state index contributed by atoms with van der Waals surface area (Å²) in [6.07, 6.45) is 1.76. The van der Waals surface area contributed by atoms with Gasteiger partial charge in [-0.1, -0.05) is 60.1 Å². The average Bonchev–Trinajstić information content (AvgIpc) is 3.21. The standard InChI is InChI=1S/C28H20ClNO3S/c1-2-32-24-15-18(17-30-21-13-12-19-7-3-4-8-20(19)16-21)11-14-23(24)33-28(31)27-26(29)22-9-5-6-10-25(22)34-27/h3-17H,2H2,1H3. The summed E-state index contributed by atoms with van der Waals surface area (Å²) in [7, 11) is 0. The molecule has 4 nitrogen and oxygen atoms in total. The third-order valence-corrected chi connectivity index (χ3v) is 6.94. The van der Waals surface area contributed by atoms with E-state index < -0.39 is 5.97 Å². The van der Waals surface area contributed by atoms with Gasteiger partial charge in [0.25, 0.3) is 0 Å². The lowest BCUT2D eigenvalue weighted by Gasteiger charge is -2.11. The van der Waals surface area contributed by atoms with Crippen molar-refractivity contribution in [3.05, 3.63) is 100 Å². The van der Waals surface area contributed by atoms with E-state index in [9.17, 15) is 4.79 Å². The minimum atomic E-state index is -0.510. The van der Waals surface area contributed by atoms with E-state index in [2.05, 4.69) is 23.2 Å². The number of hydrogen-bond acceptors (Lipinski definition) is 5. The Hall–Kier alpha value is -3.67. The lowest BCUT2D eigenvalue weighted by molar-refractivity contribution is 0.0733. The normalized spacial score (nSPS) is 11.4. The molecule has 4 aromatic carbocycles. The van der Waals surface area contributed by atoms with Gasteiger partial charge in [-0.2, -0.15) is 0 Å². The van der Waals surface area contributed by atoms with Crippen LogP contribution in [0.5, 0.6) is 11.5 Å². The van der Waals surface area contributed by atoms with Crippen molar-refractivity contribution in [2.24, 2.45) is 4.99 Å². The molecule has 0 aliphatic carbocycles. The number of halogens is 1. The Morgan fingerprint density at radius 2 is 1.74 bits per heavy atom. The fraction of sp³-hybridized carbons (Fsp3) is 0.0714. The molecule has 0 radical (unpaired) electrons. The number of carbonyl (C=O) groups excluding carboxylic acids is 1. The monoisotopic (exact) mass is 485 g/mol. The molecule has 0 N–H and O–H groups in total. The number of carbonyl (C=O) groups is 1. The Balaban J connectivity index is 1.39. The van der Waals surface area contributed by atoms with E-state index in [1.54, 1.807) is 12.3 Å². The molecule has 0 atom stereocenters. The van der Waals surface area contributed by atoms with Crippen molar-refractivity contribution < 1.29 is 14.3 Å². The molecule has 6 heteroatoms. The number of nitrogens with zero attached hydrogens (tertiary/aromatic N) is 1. The topological polar surface area (TPSA) is 47.9 Å². The SMILES string of the molecule is CCOc1cc(C=Nc2ccc3ccccc3c2)ccc1OC(=O)c1sc2ccccc2c1Cl. The summed E-state index contributed by atoms with van der Waals surface area (Å²) in [5.41, 5.74) is 1.68. The average molecular weight is 486 g/mol. The predicted octanol–water partition coefficient (Wildman–Crippen LogP) is 8.08. The molecule has 0 aliphatic heterocycles. The Morgan fingerprint density at radius 3 is 2.56 bits per heavy atom. The van der Waals surface area contributed by atoms with Crippen LogP contribution in [0.2, 0.25) is 5.02 Å². The number of ether oxygens (including phenoxy) is 2. The molecule has 0 fully saturated rings. The van der Waals surface area contributed by atoms with E-state index in [1.165, 1.54) is 16.7 Å². The van der Waals surface area contributed by atoms with Gasteiger partial charge in [0.05, 0.1) is 17.3 Å². The van der Waals surface area contributed by atoms with Crippen molar-refractivity contribution in [1.82, 2.24) is 0 Å². The molecule has 5 aromatic rings. The first-order valence-electron chi connectivity index (χ1n) is 10.8. The molecule has 168 valence electrons. The summed E-state index contributed by atoms with van der Waals surface area (Å²) < 4.78 is 12.4. The Morgan fingerprint density at radius 1 is 0.941 bits per heavy atom. The summed E-state index contributed by atoms with van der Waals surface area (Å²) in [5.74, 6) is 0.295. The zero-order valence-electron chi connectivity index (χ0n) is 18.3. The number of thiophene rings is 1. The Labute approximate surface area is 206 Å². The van der Waals surface area contributed by atoms with Gasteiger partial charge in [0.1, 0.15) is 4.88 Å². The lowest BCUT2D eigenvalue weighted by Crippen LogP contribution is -2.08. The maximum absolute atomic E-state index is 12.9. The van der Waals surface area contributed by atoms with Crippen molar-refractivity contribution in [3.63, 3.8) is 0 Å². The number of fused-ring (bicyclic) bond motifs is 2. The van der Waals surface area contributed by atoms with Crippen molar-refractivity contribution in [1.29, 1.82) is 0 Å². The van der Waals surface area contributed by atoms with Gasteiger partial charge in [-0.25, -0.2) is 4.79 Å². The lowest BCUT2D eigenvalue weighted by atomic mass is 10.1. The highest BCUT2D eigenvalue weighted by Crippen LogP contribution is 2.37. The molecular weight excluding hydrogens is 466 g/mol. The van der Waals surface area contributed by atoms with Gasteiger partial charge in [-0.05, 0) is 59.7 Å². The van der Waals surface area contributed by atoms with Crippen LogP contribution in [0.15, 0.2) is 89.9 Å². The number of esters is 1. The van der Waals surface area contributed by atoms with E-state index in [-0.39, 0.29) is 0 Å². The summed E-state index contributed by atoms with van der Waals surface area (Å²) in [5, 5.41) is 3.55. The minimum absolute atomic E-state index is 0.336. The van der Waals surface area contributed by atoms with Crippen LogP contribution in [-0.2, 0) is 0 Å². The molecule has 1 heterocycles. The molecular formula is C28H20ClNO3S. The minimum Gasteiger partial charge on any atom is -0.490 e. The molecule has 0 unspecified atom stereocenters. The first-order chi connectivity index (χ1) is 16.6. The van der Waals surface area contributed by atoms with Gasteiger partial charge < -0.3 is 9.47 Å². The van der Waals surface area contributed by atoms with Crippen LogP contribution in [0.1, 0.15) is 22.2 Å².